The van der Waals surface area contributed by atoms with E-state index in [1.165, 1.54) is 0 Å². The Labute approximate surface area is 143 Å². The van der Waals surface area contributed by atoms with E-state index in [4.69, 9.17) is 5.11 Å². The second kappa shape index (κ2) is 8.26. The van der Waals surface area contributed by atoms with Crippen LogP contribution in [0, 0.1) is 6.92 Å². The topological polar surface area (TPSA) is 72.9 Å². The number of piperidine rings is 1. The molecule has 0 aliphatic carbocycles. The Bertz CT molecular complexity index is 581. The number of nitrogens with one attached hydrogen (secondary N) is 1. The number of carbonyl (C=O) groups excluding carboxylic acids is 1. The van der Waals surface area contributed by atoms with Gasteiger partial charge in [-0.25, -0.2) is 0 Å². The van der Waals surface area contributed by atoms with E-state index in [2.05, 4.69) is 5.32 Å². The van der Waals surface area contributed by atoms with E-state index in [9.17, 15) is 9.59 Å². The molecule has 24 heavy (non-hydrogen) atoms. The lowest BCUT2D eigenvalue weighted by atomic mass is 9.98. The number of aryl methyl sites for hydroxylation is 1. The molecule has 0 aromatic heterocycles. The highest BCUT2D eigenvalue weighted by Crippen LogP contribution is 2.23. The van der Waals surface area contributed by atoms with Crippen LogP contribution >= 0.6 is 0 Å². The van der Waals surface area contributed by atoms with E-state index in [0.717, 1.165) is 24.0 Å². The number of hydrogen-bond donors (Lipinski definition) is 2. The van der Waals surface area contributed by atoms with Crippen LogP contribution in [0.25, 0.3) is 0 Å². The summed E-state index contributed by atoms with van der Waals surface area (Å²) < 4.78 is 0. The molecule has 0 spiro atoms. The summed E-state index contributed by atoms with van der Waals surface area (Å²) in [4.78, 5) is 27.4. The fourth-order valence-corrected chi connectivity index (χ4v) is 3.25. The average Bonchev–Trinajstić information content (AvgIpc) is 2.50. The minimum absolute atomic E-state index is 0.00554. The first-order chi connectivity index (χ1) is 11.4. The first kappa shape index (κ1) is 18.4. The Balaban J connectivity index is 1.97. The zero-order valence-corrected chi connectivity index (χ0v) is 14.7. The van der Waals surface area contributed by atoms with E-state index in [1.807, 2.05) is 55.1 Å². The summed E-state index contributed by atoms with van der Waals surface area (Å²) >= 11 is 0. The van der Waals surface area contributed by atoms with E-state index >= 15 is 0 Å². The van der Waals surface area contributed by atoms with Crippen LogP contribution in [-0.4, -0.2) is 66.6 Å². The summed E-state index contributed by atoms with van der Waals surface area (Å²) in [6.07, 6.45) is 1.57. The smallest absolute Gasteiger partial charge is 0.317 e. The first-order valence-electron chi connectivity index (χ1n) is 8.35. The maximum atomic E-state index is 12.8. The van der Waals surface area contributed by atoms with Crippen LogP contribution in [-0.2, 0) is 9.59 Å². The van der Waals surface area contributed by atoms with E-state index < -0.39 is 5.97 Å². The van der Waals surface area contributed by atoms with Gasteiger partial charge < -0.3 is 10.4 Å². The van der Waals surface area contributed by atoms with Crippen molar-refractivity contribution in [3.8, 4) is 0 Å². The number of aliphatic carboxylic acids is 1. The van der Waals surface area contributed by atoms with Gasteiger partial charge in [0.15, 0.2) is 0 Å². The van der Waals surface area contributed by atoms with Crippen LogP contribution < -0.4 is 5.32 Å². The molecule has 0 saturated carbocycles. The number of carbonyl (C=O) groups is 2. The van der Waals surface area contributed by atoms with E-state index in [0.29, 0.717) is 13.1 Å². The van der Waals surface area contributed by atoms with Crippen LogP contribution in [0.3, 0.4) is 0 Å². The molecular formula is C18H27N3O3. The Hall–Kier alpha value is -1.92. The number of likely N-dealkylation sites (tertiary alicyclic amines) is 1. The zero-order chi connectivity index (χ0) is 17.7. The molecule has 1 heterocycles. The maximum Gasteiger partial charge on any atom is 0.317 e. The molecule has 6 nitrogen and oxygen atoms in total. The highest BCUT2D eigenvalue weighted by molar-refractivity contribution is 5.83. The predicted octanol–water partition coefficient (Wildman–Crippen LogP) is 1.26. The van der Waals surface area contributed by atoms with Gasteiger partial charge in [0.1, 0.15) is 6.04 Å². The minimum Gasteiger partial charge on any atom is -0.480 e. The Morgan fingerprint density at radius 1 is 1.29 bits per heavy atom. The molecule has 1 aromatic carbocycles. The van der Waals surface area contributed by atoms with E-state index in [1.54, 1.807) is 0 Å². The van der Waals surface area contributed by atoms with Crippen molar-refractivity contribution >= 4 is 11.9 Å². The van der Waals surface area contributed by atoms with Gasteiger partial charge in [-0.15, -0.1) is 0 Å². The van der Waals surface area contributed by atoms with Crippen LogP contribution in [0.2, 0.25) is 0 Å². The van der Waals surface area contributed by atoms with Gasteiger partial charge in [0.2, 0.25) is 5.91 Å². The van der Waals surface area contributed by atoms with Gasteiger partial charge in [-0.1, -0.05) is 24.3 Å². The van der Waals surface area contributed by atoms with Gasteiger partial charge in [-0.2, -0.15) is 0 Å². The van der Waals surface area contributed by atoms with Gasteiger partial charge >= 0.3 is 5.97 Å². The molecule has 1 aliphatic heterocycles. The summed E-state index contributed by atoms with van der Waals surface area (Å²) in [6.45, 7) is 3.50. The second-order valence-corrected chi connectivity index (χ2v) is 6.68. The Morgan fingerprint density at radius 2 is 1.92 bits per heavy atom. The van der Waals surface area contributed by atoms with Gasteiger partial charge in [-0.05, 0) is 45.0 Å². The fraction of sp³-hybridized carbons (Fsp3) is 0.556. The number of carboxylic acids is 1. The molecule has 1 fully saturated rings. The lowest BCUT2D eigenvalue weighted by Gasteiger charge is -2.33. The summed E-state index contributed by atoms with van der Waals surface area (Å²) in [5, 5.41) is 12.0. The van der Waals surface area contributed by atoms with Crippen molar-refractivity contribution in [2.75, 3.05) is 33.7 Å². The van der Waals surface area contributed by atoms with Crippen LogP contribution in [0.1, 0.15) is 30.0 Å². The molecule has 1 aromatic rings. The molecule has 1 unspecified atom stereocenters. The molecule has 1 amide bonds. The van der Waals surface area contributed by atoms with Crippen molar-refractivity contribution < 1.29 is 14.7 Å². The largest absolute Gasteiger partial charge is 0.480 e. The standard InChI is InChI=1S/C18H27N3O3/c1-13-6-4-5-7-15(13)17(20(2)3)18(24)19-14-8-10-21(11-9-14)12-16(22)23/h4-7,14,17H,8-12H2,1-3H3,(H,19,24)(H,22,23). The number of rotatable bonds is 6. The molecule has 6 heteroatoms. The van der Waals surface area contributed by atoms with Gasteiger partial charge in [0.25, 0.3) is 0 Å². The minimum atomic E-state index is -0.801. The third-order valence-corrected chi connectivity index (χ3v) is 4.54. The highest BCUT2D eigenvalue weighted by Gasteiger charge is 2.28. The van der Waals surface area contributed by atoms with Crippen molar-refractivity contribution in [1.29, 1.82) is 0 Å². The first-order valence-corrected chi connectivity index (χ1v) is 8.35. The van der Waals surface area contributed by atoms with Crippen molar-refractivity contribution in [3.05, 3.63) is 35.4 Å². The monoisotopic (exact) mass is 333 g/mol. The predicted molar refractivity (Wildman–Crippen MR) is 92.8 cm³/mol. The molecular weight excluding hydrogens is 306 g/mol. The van der Waals surface area contributed by atoms with Gasteiger partial charge in [-0.3, -0.25) is 19.4 Å². The lowest BCUT2D eigenvalue weighted by Crippen LogP contribution is -2.48. The number of amides is 1. The summed E-state index contributed by atoms with van der Waals surface area (Å²) in [7, 11) is 3.82. The fourth-order valence-electron chi connectivity index (χ4n) is 3.25. The van der Waals surface area contributed by atoms with Crippen LogP contribution in [0.4, 0.5) is 0 Å². The maximum absolute atomic E-state index is 12.8. The second-order valence-electron chi connectivity index (χ2n) is 6.68. The normalized spacial score (nSPS) is 17.7. The van der Waals surface area contributed by atoms with Crippen molar-refractivity contribution in [1.82, 2.24) is 15.1 Å². The number of likely N-dealkylation sites (N-methyl/N-ethyl adjacent to an activating group) is 1. The van der Waals surface area contributed by atoms with Crippen molar-refractivity contribution in [2.45, 2.75) is 31.8 Å². The molecule has 1 atom stereocenters. The third kappa shape index (κ3) is 4.79. The molecule has 1 saturated heterocycles. The summed E-state index contributed by atoms with van der Waals surface area (Å²) in [5.74, 6) is -0.796. The zero-order valence-electron chi connectivity index (χ0n) is 14.7. The SMILES string of the molecule is Cc1ccccc1C(C(=O)NC1CCN(CC(=O)O)CC1)N(C)C. The summed E-state index contributed by atoms with van der Waals surface area (Å²) in [5.41, 5.74) is 2.12. The molecule has 1 aliphatic rings. The highest BCUT2D eigenvalue weighted by atomic mass is 16.4. The van der Waals surface area contributed by atoms with Gasteiger partial charge in [0, 0.05) is 19.1 Å². The number of carboxylic acid groups (broad SMARTS) is 1. The lowest BCUT2D eigenvalue weighted by molar-refractivity contribution is -0.138. The summed E-state index contributed by atoms with van der Waals surface area (Å²) in [6, 6.07) is 7.73. The van der Waals surface area contributed by atoms with Crippen molar-refractivity contribution in [2.24, 2.45) is 0 Å². The average molecular weight is 333 g/mol. The molecule has 2 N–H and O–H groups in total. The number of benzene rings is 1. The molecule has 0 radical (unpaired) electrons. The van der Waals surface area contributed by atoms with Gasteiger partial charge in [0.05, 0.1) is 6.54 Å². The Kier molecular flexibility index (Phi) is 6.34. The molecule has 0 bridgehead atoms. The Morgan fingerprint density at radius 3 is 2.46 bits per heavy atom. The molecule has 2 rings (SSSR count). The van der Waals surface area contributed by atoms with Crippen LogP contribution in [0.5, 0.6) is 0 Å². The molecule has 132 valence electrons. The van der Waals surface area contributed by atoms with Crippen LogP contribution in [0.15, 0.2) is 24.3 Å². The van der Waals surface area contributed by atoms with Crippen molar-refractivity contribution in [3.63, 3.8) is 0 Å². The number of nitrogens with zero attached hydrogens (tertiary/aromatic N) is 2. The third-order valence-electron chi connectivity index (χ3n) is 4.54. The quantitative estimate of drug-likeness (QED) is 0.820. The number of hydrogen-bond acceptors (Lipinski definition) is 4. The van der Waals surface area contributed by atoms with E-state index in [-0.39, 0.29) is 24.5 Å².